The second-order valence-electron chi connectivity index (χ2n) is 5.82. The number of anilines is 2. The zero-order valence-electron chi connectivity index (χ0n) is 15.9. The number of fused-ring (bicyclic) bond motifs is 1. The summed E-state index contributed by atoms with van der Waals surface area (Å²) in [6, 6.07) is 10.4. The predicted molar refractivity (Wildman–Crippen MR) is 105 cm³/mol. The van der Waals surface area contributed by atoms with Gasteiger partial charge in [0.1, 0.15) is 6.33 Å². The van der Waals surface area contributed by atoms with E-state index in [2.05, 4.69) is 20.3 Å². The molecular weight excluding hydrogens is 378 g/mol. The zero-order valence-corrected chi connectivity index (χ0v) is 15.9. The van der Waals surface area contributed by atoms with Crippen molar-refractivity contribution in [1.29, 1.82) is 0 Å². The van der Waals surface area contributed by atoms with Crippen LogP contribution < -0.4 is 25.3 Å². The van der Waals surface area contributed by atoms with Crippen LogP contribution in [0.1, 0.15) is 0 Å². The van der Waals surface area contributed by atoms with Crippen LogP contribution in [0.15, 0.2) is 51.9 Å². The fourth-order valence-electron chi connectivity index (χ4n) is 2.89. The Morgan fingerprint density at radius 1 is 1.00 bits per heavy atom. The second-order valence-corrected chi connectivity index (χ2v) is 5.82. The molecule has 0 saturated heterocycles. The average molecular weight is 395 g/mol. The van der Waals surface area contributed by atoms with E-state index in [-0.39, 0.29) is 11.9 Å². The van der Waals surface area contributed by atoms with Gasteiger partial charge in [-0.2, -0.15) is 4.98 Å². The van der Waals surface area contributed by atoms with Gasteiger partial charge in [0.05, 0.1) is 26.8 Å². The van der Waals surface area contributed by atoms with Crippen LogP contribution in [0.25, 0.3) is 17.0 Å². The molecule has 1 N–H and O–H groups in total. The lowest BCUT2D eigenvalue weighted by molar-refractivity contribution is 0.324. The van der Waals surface area contributed by atoms with Gasteiger partial charge >= 0.3 is 5.76 Å². The first-order valence-electron chi connectivity index (χ1n) is 8.51. The lowest BCUT2D eigenvalue weighted by atomic mass is 10.2. The SMILES string of the molecule is COc1cc(Nc2ncnc(-n3c(=O)oc4ccccc43)n2)cc(OC)c1OC. The molecule has 0 spiro atoms. The minimum Gasteiger partial charge on any atom is -0.493 e. The number of methoxy groups -OCH3 is 3. The highest BCUT2D eigenvalue weighted by atomic mass is 16.5. The highest BCUT2D eigenvalue weighted by molar-refractivity contribution is 5.74. The van der Waals surface area contributed by atoms with Crippen molar-refractivity contribution in [3.8, 4) is 23.2 Å². The normalized spacial score (nSPS) is 10.7. The Balaban J connectivity index is 1.74. The summed E-state index contributed by atoms with van der Waals surface area (Å²) in [5, 5.41) is 3.05. The molecule has 10 heteroatoms. The number of ether oxygens (including phenoxy) is 3. The van der Waals surface area contributed by atoms with Gasteiger partial charge in [-0.15, -0.1) is 0 Å². The van der Waals surface area contributed by atoms with Crippen molar-refractivity contribution in [2.75, 3.05) is 26.6 Å². The summed E-state index contributed by atoms with van der Waals surface area (Å²) in [6.45, 7) is 0. The summed E-state index contributed by atoms with van der Waals surface area (Å²) in [7, 11) is 4.58. The third kappa shape index (κ3) is 3.31. The number of oxazole rings is 1. The van der Waals surface area contributed by atoms with Crippen LogP contribution in [0.5, 0.6) is 17.2 Å². The van der Waals surface area contributed by atoms with Gasteiger partial charge in [0.25, 0.3) is 0 Å². The first kappa shape index (κ1) is 18.3. The number of hydrogen-bond donors (Lipinski definition) is 1. The average Bonchev–Trinajstić information content (AvgIpc) is 3.08. The smallest absolute Gasteiger partial charge is 0.427 e. The van der Waals surface area contributed by atoms with Crippen LogP contribution in [-0.4, -0.2) is 40.8 Å². The summed E-state index contributed by atoms with van der Waals surface area (Å²) >= 11 is 0. The lowest BCUT2D eigenvalue weighted by Gasteiger charge is -2.14. The van der Waals surface area contributed by atoms with Gasteiger partial charge in [-0.3, -0.25) is 0 Å². The molecule has 0 radical (unpaired) electrons. The molecular formula is C19H17N5O5. The summed E-state index contributed by atoms with van der Waals surface area (Å²) in [5.41, 5.74) is 1.60. The molecule has 2 heterocycles. The van der Waals surface area contributed by atoms with E-state index < -0.39 is 5.76 Å². The fourth-order valence-corrected chi connectivity index (χ4v) is 2.89. The van der Waals surface area contributed by atoms with Crippen molar-refractivity contribution >= 4 is 22.7 Å². The Bertz CT molecular complexity index is 1210. The Hall–Kier alpha value is -4.08. The number of para-hydroxylation sites is 2. The molecule has 10 nitrogen and oxygen atoms in total. The van der Waals surface area contributed by atoms with Crippen LogP contribution in [0.3, 0.4) is 0 Å². The standard InChI is InChI=1S/C19H17N5O5/c1-26-14-8-11(9-15(27-2)16(14)28-3)22-17-20-10-21-18(23-17)24-12-6-4-5-7-13(12)29-19(24)25/h4-10H,1-3H3,(H,20,21,22,23). The Labute approximate surface area is 164 Å². The fraction of sp³-hybridized carbons (Fsp3) is 0.158. The number of hydrogen-bond acceptors (Lipinski definition) is 9. The topological polar surface area (TPSA) is 114 Å². The monoisotopic (exact) mass is 395 g/mol. The highest BCUT2D eigenvalue weighted by Crippen LogP contribution is 2.40. The summed E-state index contributed by atoms with van der Waals surface area (Å²) in [6.07, 6.45) is 1.30. The number of benzene rings is 2. The third-order valence-electron chi connectivity index (χ3n) is 4.17. The predicted octanol–water partition coefficient (Wildman–Crippen LogP) is 2.54. The molecule has 0 unspecified atom stereocenters. The highest BCUT2D eigenvalue weighted by Gasteiger charge is 2.16. The molecule has 4 aromatic rings. The first-order chi connectivity index (χ1) is 14.1. The van der Waals surface area contributed by atoms with Gasteiger partial charge in [-0.25, -0.2) is 19.3 Å². The largest absolute Gasteiger partial charge is 0.493 e. The van der Waals surface area contributed by atoms with Crippen molar-refractivity contribution < 1.29 is 18.6 Å². The minimum absolute atomic E-state index is 0.130. The summed E-state index contributed by atoms with van der Waals surface area (Å²) in [5.74, 6) is 1.18. The van der Waals surface area contributed by atoms with E-state index in [0.717, 1.165) is 0 Å². The van der Waals surface area contributed by atoms with Crippen LogP contribution in [0, 0.1) is 0 Å². The second kappa shape index (κ2) is 7.50. The summed E-state index contributed by atoms with van der Waals surface area (Å²) < 4.78 is 22.5. The molecule has 4 rings (SSSR count). The molecule has 2 aromatic heterocycles. The lowest BCUT2D eigenvalue weighted by Crippen LogP contribution is -2.15. The molecule has 0 saturated carbocycles. The van der Waals surface area contributed by atoms with Crippen LogP contribution in [-0.2, 0) is 0 Å². The van der Waals surface area contributed by atoms with Gasteiger partial charge in [0.2, 0.25) is 17.6 Å². The molecule has 148 valence electrons. The maximum absolute atomic E-state index is 12.3. The van der Waals surface area contributed by atoms with E-state index in [1.807, 2.05) is 0 Å². The minimum atomic E-state index is -0.587. The Morgan fingerprint density at radius 2 is 1.72 bits per heavy atom. The van der Waals surface area contributed by atoms with Crippen molar-refractivity contribution in [2.24, 2.45) is 0 Å². The van der Waals surface area contributed by atoms with Crippen molar-refractivity contribution in [1.82, 2.24) is 19.5 Å². The van der Waals surface area contributed by atoms with Crippen LogP contribution in [0.2, 0.25) is 0 Å². The van der Waals surface area contributed by atoms with Gasteiger partial charge < -0.3 is 23.9 Å². The third-order valence-corrected chi connectivity index (χ3v) is 4.17. The molecule has 0 bridgehead atoms. The molecule has 0 aliphatic heterocycles. The number of aromatic nitrogens is 4. The molecule has 0 aliphatic rings. The van der Waals surface area contributed by atoms with E-state index >= 15 is 0 Å². The van der Waals surface area contributed by atoms with Gasteiger partial charge in [0.15, 0.2) is 17.1 Å². The Kier molecular flexibility index (Phi) is 4.73. The first-order valence-corrected chi connectivity index (χ1v) is 8.51. The van der Waals surface area contributed by atoms with Crippen molar-refractivity contribution in [3.63, 3.8) is 0 Å². The number of rotatable bonds is 6. The van der Waals surface area contributed by atoms with Crippen molar-refractivity contribution in [2.45, 2.75) is 0 Å². The van der Waals surface area contributed by atoms with E-state index in [0.29, 0.717) is 34.0 Å². The summed E-state index contributed by atoms with van der Waals surface area (Å²) in [4.78, 5) is 24.8. The van der Waals surface area contributed by atoms with E-state index in [1.54, 1.807) is 36.4 Å². The van der Waals surface area contributed by atoms with Gasteiger partial charge in [0, 0.05) is 17.8 Å². The van der Waals surface area contributed by atoms with Crippen molar-refractivity contribution in [3.05, 3.63) is 53.3 Å². The van der Waals surface area contributed by atoms with E-state index in [9.17, 15) is 4.79 Å². The number of nitrogens with zero attached hydrogens (tertiary/aromatic N) is 4. The molecule has 29 heavy (non-hydrogen) atoms. The van der Waals surface area contributed by atoms with E-state index in [1.165, 1.54) is 32.2 Å². The molecule has 0 atom stereocenters. The van der Waals surface area contributed by atoms with Gasteiger partial charge in [-0.05, 0) is 12.1 Å². The molecule has 0 fully saturated rings. The molecule has 0 aliphatic carbocycles. The zero-order chi connectivity index (χ0) is 20.4. The van der Waals surface area contributed by atoms with Gasteiger partial charge in [-0.1, -0.05) is 12.1 Å². The van der Waals surface area contributed by atoms with E-state index in [4.69, 9.17) is 18.6 Å². The maximum Gasteiger partial charge on any atom is 0.427 e. The quantitative estimate of drug-likeness (QED) is 0.526. The molecule has 2 aromatic carbocycles. The molecule has 0 amide bonds. The van der Waals surface area contributed by atoms with Crippen LogP contribution >= 0.6 is 0 Å². The maximum atomic E-state index is 12.3. The number of nitrogens with one attached hydrogen (secondary N) is 1. The Morgan fingerprint density at radius 3 is 2.41 bits per heavy atom. The van der Waals surface area contributed by atoms with Crippen LogP contribution in [0.4, 0.5) is 11.6 Å².